The summed E-state index contributed by atoms with van der Waals surface area (Å²) in [7, 11) is 0. The molecule has 3 nitrogen and oxygen atoms in total. The molecule has 0 radical (unpaired) electrons. The van der Waals surface area contributed by atoms with Gasteiger partial charge in [-0.2, -0.15) is 11.8 Å². The van der Waals surface area contributed by atoms with Gasteiger partial charge in [0.2, 0.25) is 0 Å². The zero-order chi connectivity index (χ0) is 14.3. The molecular weight excluding hydrogens is 413 g/mol. The van der Waals surface area contributed by atoms with E-state index in [1.807, 2.05) is 11.3 Å². The van der Waals surface area contributed by atoms with E-state index in [2.05, 4.69) is 53.8 Å². The van der Waals surface area contributed by atoms with Crippen LogP contribution >= 0.6 is 47.1 Å². The van der Waals surface area contributed by atoms with Gasteiger partial charge in [-0.1, -0.05) is 6.07 Å². The minimum atomic E-state index is 0. The molecule has 0 aromatic carbocycles. The van der Waals surface area contributed by atoms with Crippen LogP contribution in [0.2, 0.25) is 0 Å². The van der Waals surface area contributed by atoms with Crippen LogP contribution in [0, 0.1) is 0 Å². The van der Waals surface area contributed by atoms with Gasteiger partial charge in [0.1, 0.15) is 0 Å². The van der Waals surface area contributed by atoms with Crippen LogP contribution in [0.4, 0.5) is 0 Å². The highest BCUT2D eigenvalue weighted by molar-refractivity contribution is 14.0. The summed E-state index contributed by atoms with van der Waals surface area (Å²) < 4.78 is 0.343. The highest BCUT2D eigenvalue weighted by Crippen LogP contribution is 2.37. The lowest BCUT2D eigenvalue weighted by molar-refractivity contribution is 0.614. The van der Waals surface area contributed by atoms with Crippen molar-refractivity contribution in [2.75, 3.05) is 25.4 Å². The Morgan fingerprint density at radius 3 is 2.90 bits per heavy atom. The van der Waals surface area contributed by atoms with E-state index in [9.17, 15) is 0 Å². The predicted octanol–water partition coefficient (Wildman–Crippen LogP) is 3.75. The van der Waals surface area contributed by atoms with E-state index >= 15 is 0 Å². The van der Waals surface area contributed by atoms with Gasteiger partial charge in [0.25, 0.3) is 0 Å². The molecule has 21 heavy (non-hydrogen) atoms. The first-order valence-corrected chi connectivity index (χ1v) is 9.27. The van der Waals surface area contributed by atoms with Crippen molar-refractivity contribution in [3.05, 3.63) is 22.4 Å². The summed E-state index contributed by atoms with van der Waals surface area (Å²) in [6.45, 7) is 7.21. The Morgan fingerprint density at radius 1 is 1.43 bits per heavy atom. The fourth-order valence-electron chi connectivity index (χ4n) is 2.31. The molecule has 1 unspecified atom stereocenters. The second-order valence-electron chi connectivity index (χ2n) is 5.35. The van der Waals surface area contributed by atoms with Gasteiger partial charge in [0.15, 0.2) is 5.96 Å². The van der Waals surface area contributed by atoms with Crippen molar-refractivity contribution in [3.8, 4) is 0 Å². The molecule has 1 aromatic rings. The van der Waals surface area contributed by atoms with Crippen LogP contribution in [-0.4, -0.2) is 36.1 Å². The van der Waals surface area contributed by atoms with Crippen molar-refractivity contribution in [1.82, 2.24) is 10.6 Å². The maximum Gasteiger partial charge on any atom is 0.191 e. The first-order chi connectivity index (χ1) is 9.72. The molecule has 0 aliphatic carbocycles. The molecule has 1 saturated heterocycles. The lowest BCUT2D eigenvalue weighted by Gasteiger charge is -2.21. The van der Waals surface area contributed by atoms with Crippen LogP contribution in [0.1, 0.15) is 31.6 Å². The van der Waals surface area contributed by atoms with Crippen molar-refractivity contribution < 1.29 is 0 Å². The topological polar surface area (TPSA) is 36.4 Å². The molecule has 0 spiro atoms. The molecule has 1 aromatic heterocycles. The lowest BCUT2D eigenvalue weighted by Crippen LogP contribution is -2.39. The summed E-state index contributed by atoms with van der Waals surface area (Å²) in [6, 6.07) is 4.30. The monoisotopic (exact) mass is 439 g/mol. The zero-order valence-electron chi connectivity index (χ0n) is 12.9. The third-order valence-electron chi connectivity index (χ3n) is 3.46. The molecule has 0 bridgehead atoms. The minimum Gasteiger partial charge on any atom is -0.357 e. The van der Waals surface area contributed by atoms with Crippen molar-refractivity contribution in [2.45, 2.75) is 37.9 Å². The van der Waals surface area contributed by atoms with E-state index < -0.39 is 0 Å². The number of nitrogens with zero attached hydrogens (tertiary/aromatic N) is 1. The van der Waals surface area contributed by atoms with Crippen molar-refractivity contribution in [1.29, 1.82) is 0 Å². The van der Waals surface area contributed by atoms with Gasteiger partial charge < -0.3 is 10.6 Å². The molecule has 1 atom stereocenters. The Labute approximate surface area is 153 Å². The summed E-state index contributed by atoms with van der Waals surface area (Å²) in [4.78, 5) is 6.19. The number of guanidine groups is 1. The summed E-state index contributed by atoms with van der Waals surface area (Å²) >= 11 is 3.88. The SMILES string of the molecule is CCNC(=NCC1(C)CCCS1)NCCc1cccs1.I. The van der Waals surface area contributed by atoms with Gasteiger partial charge in [-0.25, -0.2) is 0 Å². The van der Waals surface area contributed by atoms with E-state index in [0.717, 1.165) is 32.0 Å². The van der Waals surface area contributed by atoms with Crippen molar-refractivity contribution in [2.24, 2.45) is 4.99 Å². The molecular formula is C15H26IN3S2. The molecule has 6 heteroatoms. The summed E-state index contributed by atoms with van der Waals surface area (Å²) in [5.74, 6) is 2.24. The number of rotatable bonds is 6. The standard InChI is InChI=1S/C15H25N3S2.HI/c1-3-16-14(17-9-7-13-6-4-10-19-13)18-12-15(2)8-5-11-20-15;/h4,6,10H,3,5,7-9,11-12H2,1-2H3,(H2,16,17,18);1H. The molecule has 2 heterocycles. The van der Waals surface area contributed by atoms with Crippen LogP contribution in [0.3, 0.4) is 0 Å². The van der Waals surface area contributed by atoms with E-state index in [1.165, 1.54) is 23.5 Å². The first kappa shape index (κ1) is 19.1. The Balaban J connectivity index is 0.00000220. The maximum absolute atomic E-state index is 4.76. The zero-order valence-corrected chi connectivity index (χ0v) is 16.8. The van der Waals surface area contributed by atoms with Crippen LogP contribution in [-0.2, 0) is 6.42 Å². The molecule has 1 aliphatic heterocycles. The first-order valence-electron chi connectivity index (χ1n) is 7.40. The third kappa shape index (κ3) is 6.78. The summed E-state index contributed by atoms with van der Waals surface area (Å²) in [6.07, 6.45) is 3.68. The average Bonchev–Trinajstić information content (AvgIpc) is 3.08. The molecule has 2 N–H and O–H groups in total. The Bertz CT molecular complexity index is 415. The van der Waals surface area contributed by atoms with Crippen molar-refractivity contribution in [3.63, 3.8) is 0 Å². The predicted molar refractivity (Wildman–Crippen MR) is 108 cm³/mol. The number of hydrogen-bond acceptors (Lipinski definition) is 3. The second kappa shape index (κ2) is 9.94. The van der Waals surface area contributed by atoms with Crippen LogP contribution < -0.4 is 10.6 Å². The number of thiophene rings is 1. The molecule has 1 aliphatic rings. The highest BCUT2D eigenvalue weighted by Gasteiger charge is 2.29. The van der Waals surface area contributed by atoms with Crippen molar-refractivity contribution >= 4 is 53.0 Å². The molecule has 1 fully saturated rings. The van der Waals surface area contributed by atoms with E-state index in [0.29, 0.717) is 4.75 Å². The Morgan fingerprint density at radius 2 is 2.29 bits per heavy atom. The van der Waals surface area contributed by atoms with Gasteiger partial charge in [0, 0.05) is 22.7 Å². The maximum atomic E-state index is 4.76. The second-order valence-corrected chi connectivity index (χ2v) is 8.07. The van der Waals surface area contributed by atoms with Crippen LogP contribution in [0.15, 0.2) is 22.5 Å². The molecule has 0 saturated carbocycles. The fraction of sp³-hybridized carbons (Fsp3) is 0.667. The molecule has 0 amide bonds. The lowest BCUT2D eigenvalue weighted by atomic mass is 10.1. The third-order valence-corrected chi connectivity index (χ3v) is 5.92. The highest BCUT2D eigenvalue weighted by atomic mass is 127. The van der Waals surface area contributed by atoms with E-state index in [1.54, 1.807) is 0 Å². The summed E-state index contributed by atoms with van der Waals surface area (Å²) in [5.41, 5.74) is 0. The van der Waals surface area contributed by atoms with Gasteiger partial charge in [-0.15, -0.1) is 35.3 Å². The average molecular weight is 439 g/mol. The van der Waals surface area contributed by atoms with E-state index in [4.69, 9.17) is 4.99 Å². The quantitative estimate of drug-likeness (QED) is 0.403. The van der Waals surface area contributed by atoms with E-state index in [-0.39, 0.29) is 24.0 Å². The molecule has 120 valence electrons. The van der Waals surface area contributed by atoms with Gasteiger partial charge in [-0.3, -0.25) is 4.99 Å². The number of aliphatic imine (C=N–C) groups is 1. The number of hydrogen-bond donors (Lipinski definition) is 2. The van der Waals surface area contributed by atoms with Crippen LogP contribution in [0.5, 0.6) is 0 Å². The number of thioether (sulfide) groups is 1. The Hall–Kier alpha value is 0.0500. The Kier molecular flexibility index (Phi) is 9.04. The van der Waals surface area contributed by atoms with Gasteiger partial charge in [0.05, 0.1) is 6.54 Å². The minimum absolute atomic E-state index is 0. The number of halogens is 1. The van der Waals surface area contributed by atoms with Gasteiger partial charge >= 0.3 is 0 Å². The largest absolute Gasteiger partial charge is 0.357 e. The number of nitrogens with one attached hydrogen (secondary N) is 2. The smallest absolute Gasteiger partial charge is 0.191 e. The fourth-order valence-corrected chi connectivity index (χ4v) is 4.24. The van der Waals surface area contributed by atoms with Gasteiger partial charge in [-0.05, 0) is 50.3 Å². The van der Waals surface area contributed by atoms with Crippen LogP contribution in [0.25, 0.3) is 0 Å². The molecule has 2 rings (SSSR count). The summed E-state index contributed by atoms with van der Waals surface area (Å²) in [5, 5.41) is 8.91. The normalized spacial score (nSPS) is 21.9.